The van der Waals surface area contributed by atoms with Gasteiger partial charge in [-0.1, -0.05) is 119 Å². The van der Waals surface area contributed by atoms with E-state index in [0.29, 0.717) is 11.1 Å². The number of nitrogens with zero attached hydrogens (tertiary/aromatic N) is 4. The molecule has 3 rings (SSSR count). The van der Waals surface area contributed by atoms with Gasteiger partial charge in [0.2, 0.25) is 76.6 Å². The first-order valence-corrected chi connectivity index (χ1v) is 30.5. The number of Topliss-reactive ketones (excluding diaryl/α,β-unsaturated/α-hetero) is 1. The SMILES string of the molecule is CC(C)C[C@H](NC(=O)CNC(=O)[C@H](Cc1ccccc1)N(C)C(=O)[C@H](C)NC(=O)[C@@H](N)Cc1ccccc1)C(=O)N[C@@H](C)C(=O)C[C@H](C(=O)N[C@@H](Cc1ccccc1)C(=O)N[C@@H](CC(=O)N/N=C(\C#N)C(=O)O)C(=O)N(C)[C@@H](C)C(=O)N[C@@H](CO)C(=O)NCC(N)=O)C(C)C. The maximum Gasteiger partial charge on any atom is 0.367 e. The minimum absolute atomic E-state index is 0.0110. The Bertz CT molecular complexity index is 3270. The summed E-state index contributed by atoms with van der Waals surface area (Å²) >= 11 is 0. The highest BCUT2D eigenvalue weighted by Gasteiger charge is 2.38. The maximum atomic E-state index is 14.5. The summed E-state index contributed by atoms with van der Waals surface area (Å²) in [6, 6.07) is 14.7. The number of rotatable bonds is 38. The number of aliphatic hydroxyl groups is 1. The minimum Gasteiger partial charge on any atom is -0.476 e. The van der Waals surface area contributed by atoms with E-state index < -0.39 is 187 Å². The monoisotopic (exact) mass is 1320 g/mol. The van der Waals surface area contributed by atoms with E-state index in [1.807, 2.05) is 23.6 Å². The Morgan fingerprint density at radius 3 is 1.56 bits per heavy atom. The number of hydrogen-bond donors (Lipinski definition) is 13. The normalized spacial score (nSPS) is 14.3. The third-order valence-electron chi connectivity index (χ3n) is 15.0. The number of aliphatic carboxylic acids is 1. The molecule has 0 fully saturated rings. The molecule has 0 heterocycles. The summed E-state index contributed by atoms with van der Waals surface area (Å²) in [5.74, 6) is -15.3. The third kappa shape index (κ3) is 26.6. The molecule has 0 unspecified atom stereocenters. The lowest BCUT2D eigenvalue weighted by molar-refractivity contribution is -0.143. The van der Waals surface area contributed by atoms with Crippen molar-refractivity contribution in [2.24, 2.45) is 34.3 Å². The number of carboxylic acids is 1. The zero-order chi connectivity index (χ0) is 71.2. The number of ketones is 1. The van der Waals surface area contributed by atoms with Crippen LogP contribution in [-0.4, -0.2) is 197 Å². The molecular weight excluding hydrogens is 1230 g/mol. The van der Waals surface area contributed by atoms with Crippen LogP contribution in [0.4, 0.5) is 0 Å². The number of carbonyl (C=O) groups excluding carboxylic acids is 13. The van der Waals surface area contributed by atoms with Crippen LogP contribution in [0.2, 0.25) is 0 Å². The summed E-state index contributed by atoms with van der Waals surface area (Å²) in [7, 11) is 2.47. The number of amides is 12. The van der Waals surface area contributed by atoms with Gasteiger partial charge in [-0.3, -0.25) is 62.3 Å². The molecule has 12 amide bonds. The van der Waals surface area contributed by atoms with Crippen molar-refractivity contribution in [3.05, 3.63) is 108 Å². The number of carboxylic acid groups (broad SMARTS) is 1. The number of primary amides is 1. The van der Waals surface area contributed by atoms with Gasteiger partial charge in [0.05, 0.1) is 38.2 Å². The van der Waals surface area contributed by atoms with Crippen molar-refractivity contribution in [1.29, 1.82) is 5.26 Å². The zero-order valence-electron chi connectivity index (χ0n) is 54.5. The molecule has 3 aromatic rings. The van der Waals surface area contributed by atoms with E-state index in [4.69, 9.17) is 16.7 Å². The minimum atomic E-state index is -1.94. The number of hydrazone groups is 1. The van der Waals surface area contributed by atoms with Crippen LogP contribution >= 0.6 is 0 Å². The van der Waals surface area contributed by atoms with Crippen LogP contribution in [0.3, 0.4) is 0 Å². The lowest BCUT2D eigenvalue weighted by Crippen LogP contribution is -2.59. The zero-order valence-corrected chi connectivity index (χ0v) is 54.5. The Hall–Kier alpha value is -10.5. The molecule has 0 bridgehead atoms. The van der Waals surface area contributed by atoms with E-state index in [1.165, 1.54) is 33.9 Å². The topological polar surface area (TPSA) is 482 Å². The Morgan fingerprint density at radius 2 is 1.04 bits per heavy atom. The largest absolute Gasteiger partial charge is 0.476 e. The number of carbonyl (C=O) groups is 14. The van der Waals surface area contributed by atoms with Gasteiger partial charge in [-0.05, 0) is 62.1 Å². The van der Waals surface area contributed by atoms with E-state index in [9.17, 15) is 77.3 Å². The Labute approximate surface area is 550 Å². The van der Waals surface area contributed by atoms with Gasteiger partial charge in [-0.2, -0.15) is 10.4 Å². The van der Waals surface area contributed by atoms with Crippen molar-refractivity contribution in [1.82, 2.24) is 57.8 Å². The summed E-state index contributed by atoms with van der Waals surface area (Å²) in [6.07, 6.45) is -1.51. The molecular formula is C64H87N15O16. The van der Waals surface area contributed by atoms with E-state index >= 15 is 0 Å². The second-order valence-electron chi connectivity index (χ2n) is 23.4. The van der Waals surface area contributed by atoms with Gasteiger partial charge in [0, 0.05) is 39.3 Å². The summed E-state index contributed by atoms with van der Waals surface area (Å²) < 4.78 is 0. The van der Waals surface area contributed by atoms with Gasteiger partial charge in [0.15, 0.2) is 5.78 Å². The van der Waals surface area contributed by atoms with Crippen LogP contribution in [0.25, 0.3) is 0 Å². The molecule has 10 atom stereocenters. The molecule has 15 N–H and O–H groups in total. The van der Waals surface area contributed by atoms with Gasteiger partial charge in [-0.25, -0.2) is 10.2 Å². The fourth-order valence-electron chi connectivity index (χ4n) is 9.37. The first-order valence-electron chi connectivity index (χ1n) is 30.5. The van der Waals surface area contributed by atoms with Crippen LogP contribution < -0.4 is 59.4 Å². The summed E-state index contributed by atoms with van der Waals surface area (Å²) in [4.78, 5) is 189. The molecule has 31 nitrogen and oxygen atoms in total. The van der Waals surface area contributed by atoms with Crippen LogP contribution in [0.5, 0.6) is 0 Å². The Morgan fingerprint density at radius 1 is 0.537 bits per heavy atom. The fraction of sp³-hybridized carbons (Fsp3) is 0.469. The Kier molecular flexibility index (Phi) is 32.5. The summed E-state index contributed by atoms with van der Waals surface area (Å²) in [6.45, 7) is 8.53. The van der Waals surface area contributed by atoms with Crippen LogP contribution in [0.15, 0.2) is 96.1 Å². The smallest absolute Gasteiger partial charge is 0.367 e. The molecule has 0 radical (unpaired) electrons. The fourth-order valence-corrected chi connectivity index (χ4v) is 9.37. The molecule has 0 aliphatic rings. The van der Waals surface area contributed by atoms with Crippen molar-refractivity contribution in [3.63, 3.8) is 0 Å². The predicted molar refractivity (Wildman–Crippen MR) is 343 cm³/mol. The van der Waals surface area contributed by atoms with E-state index in [2.05, 4.69) is 47.6 Å². The molecule has 514 valence electrons. The number of likely N-dealkylation sites (N-methyl/N-ethyl adjacent to an activating group) is 2. The van der Waals surface area contributed by atoms with E-state index in [-0.39, 0.29) is 31.6 Å². The van der Waals surface area contributed by atoms with Gasteiger partial charge in [0.1, 0.15) is 48.4 Å². The quantitative estimate of drug-likeness (QED) is 0.0202. The molecule has 0 aliphatic heterocycles. The molecule has 95 heavy (non-hydrogen) atoms. The third-order valence-corrected chi connectivity index (χ3v) is 15.0. The van der Waals surface area contributed by atoms with Gasteiger partial charge < -0.3 is 74.0 Å². The number of nitrogens with one attached hydrogen (secondary N) is 9. The highest BCUT2D eigenvalue weighted by molar-refractivity contribution is 6.42. The second kappa shape index (κ2) is 39.2. The van der Waals surface area contributed by atoms with E-state index in [1.54, 1.807) is 100 Å². The van der Waals surface area contributed by atoms with Gasteiger partial charge >= 0.3 is 5.97 Å². The van der Waals surface area contributed by atoms with Crippen LogP contribution in [0.1, 0.15) is 84.4 Å². The summed E-state index contributed by atoms with van der Waals surface area (Å²) in [5.41, 5.74) is 13.8. The van der Waals surface area contributed by atoms with Crippen molar-refractivity contribution in [3.8, 4) is 6.07 Å². The average Bonchev–Trinajstić information content (AvgIpc) is 0.872. The first-order chi connectivity index (χ1) is 44.8. The number of nitriles is 1. The highest BCUT2D eigenvalue weighted by Crippen LogP contribution is 2.19. The number of aliphatic hydroxyl groups excluding tert-OH is 1. The average molecular weight is 1320 g/mol. The van der Waals surface area contributed by atoms with Crippen molar-refractivity contribution in [2.75, 3.05) is 33.8 Å². The van der Waals surface area contributed by atoms with Crippen LogP contribution in [0, 0.1) is 29.1 Å². The first kappa shape index (κ1) is 78.8. The Balaban J connectivity index is 1.82. The number of hydrogen-bond acceptors (Lipinski definition) is 18. The standard InChI is InChI=1S/C64H87N15O16/c1-35(2)25-45(72-54(84)33-69-61(91)50(28-42-23-17-12-18-24-42)79(9)62(92)38(6)71-57(87)44(66)26-40-19-13-10-14-20-40)59(89)70-37(5)51(81)29-43(36(3)4)56(86)73-46(27-41-21-15-11-16-22-41)60(90)74-47(30-53(83)77-76-48(31-65)64(94)95)63(93)78(8)39(7)55(85)75-49(34-80)58(88)68-32-52(67)82/h10-24,35-39,43-47,49-50,80H,25-30,32-34,66H2,1-9H3,(H2,67,82)(H,68,88)(H,69,91)(H,70,89)(H,71,87)(H,72,84)(H,73,86)(H,74,90)(H,75,85)(H,77,83)(H,94,95)/b76-48+/t37-,38-,39-,43-,44-,45-,46-,47-,49-,50-/m0/s1. The van der Waals surface area contributed by atoms with Crippen molar-refractivity contribution >= 4 is 88.4 Å². The van der Waals surface area contributed by atoms with Crippen LogP contribution in [-0.2, 0) is 86.4 Å². The molecule has 3 aromatic carbocycles. The molecule has 0 spiro atoms. The van der Waals surface area contributed by atoms with Gasteiger partial charge in [0.25, 0.3) is 0 Å². The summed E-state index contributed by atoms with van der Waals surface area (Å²) in [5, 5.41) is 51.2. The highest BCUT2D eigenvalue weighted by atomic mass is 16.4. The lowest BCUT2D eigenvalue weighted by atomic mass is 9.87. The molecule has 31 heteroatoms. The van der Waals surface area contributed by atoms with Crippen molar-refractivity contribution < 1.29 is 77.3 Å². The number of benzene rings is 3. The van der Waals surface area contributed by atoms with E-state index in [0.717, 1.165) is 22.4 Å². The van der Waals surface area contributed by atoms with Crippen molar-refractivity contribution in [2.45, 2.75) is 141 Å². The maximum absolute atomic E-state index is 14.5. The lowest BCUT2D eigenvalue weighted by Gasteiger charge is -2.30. The molecule has 0 aliphatic carbocycles. The molecule has 0 aromatic heterocycles. The number of nitrogens with two attached hydrogens (primary N) is 2. The molecule has 0 saturated heterocycles. The predicted octanol–water partition coefficient (Wildman–Crippen LogP) is -2.88. The second-order valence-corrected chi connectivity index (χ2v) is 23.4. The molecule has 0 saturated carbocycles. The van der Waals surface area contributed by atoms with Gasteiger partial charge in [-0.15, -0.1) is 0 Å².